The summed E-state index contributed by atoms with van der Waals surface area (Å²) in [5.41, 5.74) is 0.525. The molecule has 1 saturated heterocycles. The monoisotopic (exact) mass is 440 g/mol. The van der Waals surface area contributed by atoms with E-state index in [9.17, 15) is 4.79 Å². The third kappa shape index (κ3) is 5.68. The summed E-state index contributed by atoms with van der Waals surface area (Å²) >= 11 is 12.4. The van der Waals surface area contributed by atoms with Crippen LogP contribution < -0.4 is 10.2 Å². The SMILES string of the molecule is [2H]C([2H])(N1CCN(c2cccc(Cl)c2Cl)CC1)C([2H])([2H])C1([2H])C([2H])([2H])C([2H])([2H])C([2H])(NC(=O)N(C)C)C([2H])([2H])C1([2H])[2H]. The van der Waals surface area contributed by atoms with Crippen LogP contribution in [0.3, 0.4) is 0 Å². The number of anilines is 1. The number of carbonyl (C=O) groups is 1. The Hall–Kier alpha value is -1.17. The smallest absolute Gasteiger partial charge is 0.317 e. The molecule has 2 amide bonds. The molecule has 1 heterocycles. The fourth-order valence-electron chi connectivity index (χ4n) is 2.59. The van der Waals surface area contributed by atoms with E-state index < -0.39 is 56.3 Å². The molecule has 0 bridgehead atoms. The summed E-state index contributed by atoms with van der Waals surface area (Å²) in [7, 11) is 2.33. The van der Waals surface area contributed by atoms with Gasteiger partial charge in [0.1, 0.15) is 0 Å². The van der Waals surface area contributed by atoms with Gasteiger partial charge in [-0.05, 0) is 56.4 Å². The normalized spacial score (nSPS) is 44.4. The number of nitrogens with one attached hydrogen (secondary N) is 1. The van der Waals surface area contributed by atoms with Crippen molar-refractivity contribution < 1.29 is 24.0 Å². The van der Waals surface area contributed by atoms with E-state index in [2.05, 4.69) is 0 Å². The summed E-state index contributed by atoms with van der Waals surface area (Å²) in [5, 5.41) is 2.21. The molecule has 3 rings (SSSR count). The predicted molar refractivity (Wildman–Crippen MR) is 118 cm³/mol. The lowest BCUT2D eigenvalue weighted by Crippen LogP contribution is -2.47. The van der Waals surface area contributed by atoms with Crippen molar-refractivity contribution >= 4 is 34.9 Å². The maximum Gasteiger partial charge on any atom is 0.317 e. The van der Waals surface area contributed by atoms with Gasteiger partial charge in [-0.1, -0.05) is 29.3 Å². The van der Waals surface area contributed by atoms with Crippen LogP contribution in [0.5, 0.6) is 0 Å². The highest BCUT2D eigenvalue weighted by Crippen LogP contribution is 2.33. The summed E-state index contributed by atoms with van der Waals surface area (Å²) in [6.07, 6.45) is -20.1. The molecular formula is C21H32Cl2N4O. The van der Waals surface area contributed by atoms with Gasteiger partial charge in [0.25, 0.3) is 0 Å². The summed E-state index contributed by atoms with van der Waals surface area (Å²) in [5.74, 6) is -4.15. The van der Waals surface area contributed by atoms with Crippen molar-refractivity contribution in [3.8, 4) is 0 Å². The molecule has 1 aliphatic carbocycles. The second-order valence-corrected chi connectivity index (χ2v) is 7.14. The maximum atomic E-state index is 12.4. The fraction of sp³-hybridized carbons (Fsp3) is 0.667. The summed E-state index contributed by atoms with van der Waals surface area (Å²) in [6, 6.07) is -0.0823. The Morgan fingerprint density at radius 2 is 1.93 bits per heavy atom. The van der Waals surface area contributed by atoms with E-state index in [-0.39, 0.29) is 36.2 Å². The van der Waals surface area contributed by atoms with Crippen molar-refractivity contribution in [1.82, 2.24) is 15.1 Å². The molecule has 0 atom stereocenters. The van der Waals surface area contributed by atoms with Crippen molar-refractivity contribution in [1.29, 1.82) is 0 Å². The number of hydrogen-bond donors (Lipinski definition) is 1. The molecule has 0 aromatic heterocycles. The molecule has 7 heteroatoms. The Bertz CT molecular complexity index is 1200. The average Bonchev–Trinajstić information content (AvgIpc) is 2.88. The van der Waals surface area contributed by atoms with Crippen molar-refractivity contribution in [2.24, 2.45) is 5.89 Å². The fourth-order valence-corrected chi connectivity index (χ4v) is 3.00. The zero-order valence-corrected chi connectivity index (χ0v) is 17.1. The van der Waals surface area contributed by atoms with Gasteiger partial charge in [-0.3, -0.25) is 4.90 Å². The Morgan fingerprint density at radius 3 is 2.57 bits per heavy atom. The Labute approximate surface area is 198 Å². The van der Waals surface area contributed by atoms with Crippen LogP contribution in [0.15, 0.2) is 18.2 Å². The van der Waals surface area contributed by atoms with Crippen molar-refractivity contribution in [3.05, 3.63) is 28.2 Å². The van der Waals surface area contributed by atoms with Crippen LogP contribution in [0.4, 0.5) is 10.5 Å². The number of nitrogens with zero attached hydrogens (tertiary/aromatic N) is 3. The van der Waals surface area contributed by atoms with Gasteiger partial charge in [0, 0.05) is 64.1 Å². The van der Waals surface area contributed by atoms with E-state index >= 15 is 0 Å². The predicted octanol–water partition coefficient (Wildman–Crippen LogP) is 4.34. The number of carbonyl (C=O) groups excluding carboxylic acids is 1. The van der Waals surface area contributed by atoms with Gasteiger partial charge >= 0.3 is 6.03 Å². The minimum Gasteiger partial charge on any atom is -0.368 e. The number of urea groups is 1. The van der Waals surface area contributed by atoms with Gasteiger partial charge in [0.2, 0.25) is 0 Å². The zero-order valence-electron chi connectivity index (χ0n) is 29.6. The highest BCUT2D eigenvalue weighted by atomic mass is 35.5. The van der Waals surface area contributed by atoms with Crippen LogP contribution in [0.25, 0.3) is 0 Å². The molecule has 156 valence electrons. The second kappa shape index (κ2) is 10.0. The van der Waals surface area contributed by atoms with E-state index in [0.29, 0.717) is 5.69 Å². The molecule has 1 aromatic carbocycles. The number of benzene rings is 1. The first-order chi connectivity index (χ1) is 18.7. The number of amides is 2. The third-order valence-corrected chi connectivity index (χ3v) is 4.96. The Morgan fingerprint density at radius 1 is 1.25 bits per heavy atom. The van der Waals surface area contributed by atoms with Crippen molar-refractivity contribution in [2.75, 3.05) is 51.7 Å². The molecule has 0 unspecified atom stereocenters. The zero-order chi connectivity index (χ0) is 32.7. The first-order valence-electron chi connectivity index (χ1n) is 15.7. The van der Waals surface area contributed by atoms with Crippen LogP contribution in [0.1, 0.15) is 51.1 Å². The van der Waals surface area contributed by atoms with E-state index in [0.717, 1.165) is 23.9 Å². The number of piperazine rings is 1. The van der Waals surface area contributed by atoms with Crippen LogP contribution >= 0.6 is 23.2 Å². The van der Waals surface area contributed by atoms with E-state index in [1.165, 1.54) is 0 Å². The molecule has 2 fully saturated rings. The van der Waals surface area contributed by atoms with Crippen molar-refractivity contribution in [3.63, 3.8) is 0 Å². The molecule has 1 aromatic rings. The van der Waals surface area contributed by atoms with Crippen LogP contribution in [0.2, 0.25) is 10.0 Å². The molecule has 2 aliphatic rings. The van der Waals surface area contributed by atoms with Gasteiger partial charge in [-0.2, -0.15) is 0 Å². The minimum atomic E-state index is -4.15. The Kier molecular flexibility index (Phi) is 3.50. The van der Waals surface area contributed by atoms with Gasteiger partial charge in [-0.25, -0.2) is 4.79 Å². The molecule has 1 saturated carbocycles. The Balaban J connectivity index is 2.09. The van der Waals surface area contributed by atoms with E-state index in [1.54, 1.807) is 28.4 Å². The van der Waals surface area contributed by atoms with E-state index in [4.69, 9.17) is 42.4 Å². The largest absolute Gasteiger partial charge is 0.368 e. The summed E-state index contributed by atoms with van der Waals surface area (Å²) in [6.45, 7) is -3.68. The van der Waals surface area contributed by atoms with Crippen molar-refractivity contribution in [2.45, 2.75) is 37.9 Å². The second-order valence-electron chi connectivity index (χ2n) is 6.36. The van der Waals surface area contributed by atoms with Crippen LogP contribution in [-0.4, -0.2) is 68.6 Å². The highest BCUT2D eigenvalue weighted by Gasteiger charge is 2.24. The standard InChI is InChI=1S/C21H32Cl2N4O/c1-25(2)21(28)24-17-8-6-16(7-9-17)10-11-26-12-14-27(15-13-26)19-5-3-4-18(22)20(19)23/h3-5,16-17H,6-15H2,1-2H3,(H,24,28)/i6D2,7D2,8D2,9D2,10D2,11D2,16D,17D. The summed E-state index contributed by atoms with van der Waals surface area (Å²) < 4.78 is 121. The lowest BCUT2D eigenvalue weighted by Gasteiger charge is -2.37. The molecule has 1 aliphatic heterocycles. The first kappa shape index (κ1) is 9.76. The molecule has 0 spiro atoms. The summed E-state index contributed by atoms with van der Waals surface area (Å²) in [4.78, 5) is 15.8. The molecular weight excluding hydrogens is 395 g/mol. The van der Waals surface area contributed by atoms with E-state index in [1.807, 2.05) is 0 Å². The van der Waals surface area contributed by atoms with Gasteiger partial charge in [0.15, 0.2) is 0 Å². The quantitative estimate of drug-likeness (QED) is 0.739. The number of hydrogen-bond acceptors (Lipinski definition) is 3. The van der Waals surface area contributed by atoms with Crippen LogP contribution in [0, 0.1) is 5.89 Å². The lowest BCUT2D eigenvalue weighted by atomic mass is 9.84. The van der Waals surface area contributed by atoms with Gasteiger partial charge < -0.3 is 15.1 Å². The highest BCUT2D eigenvalue weighted by molar-refractivity contribution is 6.43. The van der Waals surface area contributed by atoms with Crippen LogP contribution in [-0.2, 0) is 0 Å². The van der Waals surface area contributed by atoms with Gasteiger partial charge in [0.05, 0.1) is 17.1 Å². The molecule has 0 radical (unpaired) electrons. The molecule has 5 nitrogen and oxygen atoms in total. The topological polar surface area (TPSA) is 38.8 Å². The maximum absolute atomic E-state index is 12.4. The lowest BCUT2D eigenvalue weighted by molar-refractivity contribution is 0.194. The third-order valence-electron chi connectivity index (χ3n) is 4.15. The molecule has 28 heavy (non-hydrogen) atoms. The van der Waals surface area contributed by atoms with Gasteiger partial charge in [-0.15, -0.1) is 0 Å². The first-order valence-corrected chi connectivity index (χ1v) is 9.41. The molecule has 1 N–H and O–H groups in total. The number of rotatable bonds is 5. The average molecular weight is 442 g/mol. The minimum absolute atomic E-state index is 0.0640. The number of halogens is 2.